The molecule has 0 saturated carbocycles. The molecule has 1 rings (SSSR count). The quantitative estimate of drug-likeness (QED) is 0.404. The minimum Gasteiger partial charge on any atom is -0.481 e. The zero-order chi connectivity index (χ0) is 21.0. The standard InChI is InChI=1S/C10H14N2O2.C6H8O7/c1-12(2)6-7-14-10(13)9-4-3-5-11-8-9;7-3(8)1-6(13,5(11)12)2-4(9)10/h3-5,8H,6-7H2,1-2H3;13H,1-2H2,(H,7,8)(H,9,10)(H,11,12). The Morgan fingerprint density at radius 3 is 2.04 bits per heavy atom. The lowest BCUT2D eigenvalue weighted by Gasteiger charge is -2.18. The van der Waals surface area contributed by atoms with E-state index in [1.54, 1.807) is 18.3 Å². The third-order valence-electron chi connectivity index (χ3n) is 2.95. The van der Waals surface area contributed by atoms with Crippen LogP contribution in [-0.4, -0.2) is 87.0 Å². The van der Waals surface area contributed by atoms with E-state index in [0.717, 1.165) is 6.54 Å². The maximum absolute atomic E-state index is 11.3. The highest BCUT2D eigenvalue weighted by Crippen LogP contribution is 2.15. The largest absolute Gasteiger partial charge is 0.481 e. The molecule has 0 aliphatic carbocycles. The monoisotopic (exact) mass is 386 g/mol. The summed E-state index contributed by atoms with van der Waals surface area (Å²) >= 11 is 0. The second-order valence-electron chi connectivity index (χ2n) is 5.66. The molecule has 4 N–H and O–H groups in total. The fourth-order valence-electron chi connectivity index (χ4n) is 1.60. The molecule has 0 radical (unpaired) electrons. The number of carbonyl (C=O) groups is 4. The molecule has 0 spiro atoms. The first-order valence-corrected chi connectivity index (χ1v) is 7.59. The van der Waals surface area contributed by atoms with Gasteiger partial charge in [0.1, 0.15) is 6.61 Å². The number of carboxylic acid groups (broad SMARTS) is 3. The lowest BCUT2D eigenvalue weighted by atomic mass is 9.96. The van der Waals surface area contributed by atoms with E-state index in [4.69, 9.17) is 25.2 Å². The van der Waals surface area contributed by atoms with Crippen LogP contribution in [0.5, 0.6) is 0 Å². The van der Waals surface area contributed by atoms with Gasteiger partial charge in [0.15, 0.2) is 5.60 Å². The number of aliphatic hydroxyl groups is 1. The van der Waals surface area contributed by atoms with Crippen LogP contribution in [0.4, 0.5) is 0 Å². The minimum atomic E-state index is -2.74. The van der Waals surface area contributed by atoms with E-state index in [9.17, 15) is 19.2 Å². The Morgan fingerprint density at radius 2 is 1.67 bits per heavy atom. The first kappa shape index (κ1) is 23.9. The molecule has 0 aliphatic heterocycles. The van der Waals surface area contributed by atoms with Crippen LogP contribution in [0.3, 0.4) is 0 Å². The number of hydrogen-bond acceptors (Lipinski definition) is 8. The lowest BCUT2D eigenvalue weighted by molar-refractivity contribution is -0.170. The van der Waals surface area contributed by atoms with E-state index in [1.807, 2.05) is 19.0 Å². The second kappa shape index (κ2) is 11.5. The Balaban J connectivity index is 0.000000503. The summed E-state index contributed by atoms with van der Waals surface area (Å²) in [7, 11) is 3.86. The Morgan fingerprint density at radius 1 is 1.11 bits per heavy atom. The van der Waals surface area contributed by atoms with Crippen LogP contribution in [0.15, 0.2) is 24.5 Å². The summed E-state index contributed by atoms with van der Waals surface area (Å²) in [5.41, 5.74) is -2.25. The van der Waals surface area contributed by atoms with Crippen LogP contribution < -0.4 is 0 Å². The summed E-state index contributed by atoms with van der Waals surface area (Å²) in [6, 6.07) is 3.40. The number of ether oxygens (including phenoxy) is 1. The fourth-order valence-corrected chi connectivity index (χ4v) is 1.60. The topological polar surface area (TPSA) is 175 Å². The molecule has 11 heteroatoms. The highest BCUT2D eigenvalue weighted by atomic mass is 16.5. The van der Waals surface area contributed by atoms with Gasteiger partial charge < -0.3 is 30.1 Å². The molecule has 0 aromatic carbocycles. The summed E-state index contributed by atoms with van der Waals surface area (Å²) in [5, 5.41) is 33.8. The van der Waals surface area contributed by atoms with Crippen molar-refractivity contribution in [3.63, 3.8) is 0 Å². The Labute approximate surface area is 154 Å². The molecule has 0 saturated heterocycles. The number of likely N-dealkylation sites (N-methyl/N-ethyl adjacent to an activating group) is 1. The number of pyridine rings is 1. The van der Waals surface area contributed by atoms with Gasteiger partial charge in [0.05, 0.1) is 18.4 Å². The van der Waals surface area contributed by atoms with E-state index in [2.05, 4.69) is 4.98 Å². The number of rotatable bonds is 9. The molecule has 0 bridgehead atoms. The summed E-state index contributed by atoms with van der Waals surface area (Å²) < 4.78 is 5.02. The average Bonchev–Trinajstić information content (AvgIpc) is 2.54. The molecule has 0 amide bonds. The minimum absolute atomic E-state index is 0.319. The summed E-state index contributed by atoms with van der Waals surface area (Å²) in [4.78, 5) is 47.6. The van der Waals surface area contributed by atoms with Crippen molar-refractivity contribution in [2.45, 2.75) is 18.4 Å². The molecule has 0 fully saturated rings. The van der Waals surface area contributed by atoms with E-state index in [1.165, 1.54) is 6.20 Å². The maximum Gasteiger partial charge on any atom is 0.339 e. The van der Waals surface area contributed by atoms with E-state index >= 15 is 0 Å². The van der Waals surface area contributed by atoms with Crippen molar-refractivity contribution in [1.82, 2.24) is 9.88 Å². The number of aliphatic carboxylic acids is 3. The normalized spacial score (nSPS) is 10.5. The van der Waals surface area contributed by atoms with E-state index in [-0.39, 0.29) is 5.97 Å². The SMILES string of the molecule is CN(C)CCOC(=O)c1cccnc1.O=C(O)CC(O)(CC(=O)O)C(=O)O. The molecule has 27 heavy (non-hydrogen) atoms. The third kappa shape index (κ3) is 10.5. The number of aromatic nitrogens is 1. The fraction of sp³-hybridized carbons (Fsp3) is 0.438. The van der Waals surface area contributed by atoms with Gasteiger partial charge in [-0.25, -0.2) is 9.59 Å². The molecule has 11 nitrogen and oxygen atoms in total. The van der Waals surface area contributed by atoms with Crippen molar-refractivity contribution in [3.8, 4) is 0 Å². The number of nitrogens with zero attached hydrogens (tertiary/aromatic N) is 2. The molecule has 1 aromatic rings. The molecule has 0 atom stereocenters. The van der Waals surface area contributed by atoms with Crippen LogP contribution in [0, 0.1) is 0 Å². The van der Waals surface area contributed by atoms with Crippen molar-refractivity contribution in [2.75, 3.05) is 27.2 Å². The Hall–Kier alpha value is -3.05. The Kier molecular flexibility index (Phi) is 10.2. The van der Waals surface area contributed by atoms with Crippen LogP contribution in [0.25, 0.3) is 0 Å². The van der Waals surface area contributed by atoms with Gasteiger partial charge >= 0.3 is 23.9 Å². The summed E-state index contributed by atoms with van der Waals surface area (Å²) in [6.45, 7) is 1.13. The van der Waals surface area contributed by atoms with Gasteiger partial charge in [-0.1, -0.05) is 0 Å². The summed E-state index contributed by atoms with van der Waals surface area (Å²) in [5.74, 6) is -5.34. The van der Waals surface area contributed by atoms with E-state index < -0.39 is 36.4 Å². The highest BCUT2D eigenvalue weighted by Gasteiger charge is 2.40. The van der Waals surface area contributed by atoms with Crippen molar-refractivity contribution < 1.29 is 44.3 Å². The first-order chi connectivity index (χ1) is 12.5. The van der Waals surface area contributed by atoms with Gasteiger partial charge in [-0.15, -0.1) is 0 Å². The van der Waals surface area contributed by atoms with Gasteiger partial charge in [0, 0.05) is 18.9 Å². The van der Waals surface area contributed by atoms with Gasteiger partial charge in [0.2, 0.25) is 0 Å². The van der Waals surface area contributed by atoms with Crippen LogP contribution in [-0.2, 0) is 19.1 Å². The Bertz CT molecular complexity index is 631. The third-order valence-corrected chi connectivity index (χ3v) is 2.95. The van der Waals surface area contributed by atoms with Crippen molar-refractivity contribution >= 4 is 23.9 Å². The first-order valence-electron chi connectivity index (χ1n) is 7.59. The number of esters is 1. The second-order valence-corrected chi connectivity index (χ2v) is 5.66. The molecular weight excluding hydrogens is 364 g/mol. The predicted octanol–water partition coefficient (Wildman–Crippen LogP) is -0.448. The van der Waals surface area contributed by atoms with E-state index in [0.29, 0.717) is 12.2 Å². The van der Waals surface area contributed by atoms with Crippen molar-refractivity contribution in [3.05, 3.63) is 30.1 Å². The molecule has 1 heterocycles. The average molecular weight is 386 g/mol. The van der Waals surface area contributed by atoms with Crippen LogP contribution in [0.1, 0.15) is 23.2 Å². The van der Waals surface area contributed by atoms with Gasteiger partial charge in [-0.3, -0.25) is 14.6 Å². The zero-order valence-electron chi connectivity index (χ0n) is 14.9. The number of carbonyl (C=O) groups excluding carboxylic acids is 1. The molecule has 0 unspecified atom stereocenters. The summed E-state index contributed by atoms with van der Waals surface area (Å²) in [6.07, 6.45) is 0.831. The smallest absolute Gasteiger partial charge is 0.339 e. The molecular formula is C16H22N2O9. The molecule has 150 valence electrons. The number of carboxylic acids is 3. The van der Waals surface area contributed by atoms with Crippen LogP contribution >= 0.6 is 0 Å². The number of hydrogen-bond donors (Lipinski definition) is 4. The predicted molar refractivity (Wildman–Crippen MR) is 90.2 cm³/mol. The van der Waals surface area contributed by atoms with Gasteiger partial charge in [-0.2, -0.15) is 0 Å². The maximum atomic E-state index is 11.3. The van der Waals surface area contributed by atoms with Crippen molar-refractivity contribution in [1.29, 1.82) is 0 Å². The van der Waals surface area contributed by atoms with Gasteiger partial charge in [-0.05, 0) is 26.2 Å². The molecule has 0 aliphatic rings. The van der Waals surface area contributed by atoms with Crippen molar-refractivity contribution in [2.24, 2.45) is 0 Å². The van der Waals surface area contributed by atoms with Gasteiger partial charge in [0.25, 0.3) is 0 Å². The lowest BCUT2D eigenvalue weighted by Crippen LogP contribution is -2.42. The zero-order valence-corrected chi connectivity index (χ0v) is 14.9. The molecule has 1 aromatic heterocycles. The highest BCUT2D eigenvalue weighted by molar-refractivity contribution is 5.89. The van der Waals surface area contributed by atoms with Crippen LogP contribution in [0.2, 0.25) is 0 Å².